The number of aryl methyl sites for hydroxylation is 2. The molecule has 0 bridgehead atoms. The van der Waals surface area contributed by atoms with Crippen molar-refractivity contribution >= 4 is 31.4 Å². The van der Waals surface area contributed by atoms with E-state index in [4.69, 9.17) is 0 Å². The lowest BCUT2D eigenvalue weighted by Crippen LogP contribution is -2.36. The summed E-state index contributed by atoms with van der Waals surface area (Å²) < 4.78 is 59.1. The molecule has 0 N–H and O–H groups in total. The Morgan fingerprint density at radius 2 is 0.833 bits per heavy atom. The zero-order valence-corrected chi connectivity index (χ0v) is 21.4. The topological polar surface area (TPSA) is 74.8 Å². The van der Waals surface area contributed by atoms with Gasteiger partial charge in [0, 0.05) is 11.1 Å². The van der Waals surface area contributed by atoms with Gasteiger partial charge in [-0.2, -0.15) is 0 Å². The first-order chi connectivity index (χ1) is 17.2. The molecule has 8 heteroatoms. The van der Waals surface area contributed by atoms with Crippen molar-refractivity contribution < 1.29 is 16.8 Å². The van der Waals surface area contributed by atoms with E-state index in [9.17, 15) is 16.8 Å². The zero-order valence-electron chi connectivity index (χ0n) is 19.7. The van der Waals surface area contributed by atoms with E-state index in [1.54, 1.807) is 72.8 Å². The second-order valence-electron chi connectivity index (χ2n) is 9.24. The molecule has 0 fully saturated rings. The fourth-order valence-corrected chi connectivity index (χ4v) is 8.55. The summed E-state index contributed by atoms with van der Waals surface area (Å²) in [5.74, 6) is 0. The van der Waals surface area contributed by atoms with Gasteiger partial charge in [-0.25, -0.2) is 16.8 Å². The average Bonchev–Trinajstić information content (AvgIpc) is 3.38. The largest absolute Gasteiger partial charge is 0.264 e. The number of rotatable bonds is 4. The van der Waals surface area contributed by atoms with Crippen molar-refractivity contribution in [3.8, 4) is 0 Å². The zero-order chi connectivity index (χ0) is 25.2. The van der Waals surface area contributed by atoms with Crippen molar-refractivity contribution in [2.24, 2.45) is 0 Å². The van der Waals surface area contributed by atoms with E-state index in [-0.39, 0.29) is 9.79 Å². The summed E-state index contributed by atoms with van der Waals surface area (Å²) >= 11 is 0. The third-order valence-corrected chi connectivity index (χ3v) is 10.6. The molecule has 2 aliphatic rings. The molecule has 0 aliphatic carbocycles. The predicted octanol–water partition coefficient (Wildman–Crippen LogP) is 5.50. The molecule has 0 saturated heterocycles. The fraction of sp³-hybridized carbons (Fsp3) is 0.143. The van der Waals surface area contributed by atoms with Crippen LogP contribution in [0.4, 0.5) is 11.4 Å². The Labute approximate surface area is 211 Å². The number of nitrogens with zero attached hydrogens (tertiary/aromatic N) is 2. The van der Waals surface area contributed by atoms with Gasteiger partial charge in [0.25, 0.3) is 20.0 Å². The number of fused-ring (bicyclic) bond motifs is 5. The third-order valence-electron chi connectivity index (χ3n) is 6.95. The molecule has 0 amide bonds. The lowest BCUT2D eigenvalue weighted by Gasteiger charge is -2.28. The van der Waals surface area contributed by atoms with Crippen molar-refractivity contribution in [3.63, 3.8) is 0 Å². The molecule has 4 aromatic carbocycles. The highest BCUT2D eigenvalue weighted by atomic mass is 32.2. The van der Waals surface area contributed by atoms with Crippen LogP contribution in [0.5, 0.6) is 0 Å². The molecular formula is C28H24N2O4S2. The van der Waals surface area contributed by atoms with Gasteiger partial charge in [-0.1, -0.05) is 71.8 Å². The Balaban J connectivity index is 1.59. The van der Waals surface area contributed by atoms with E-state index in [0.29, 0.717) is 22.5 Å². The molecule has 2 atom stereocenters. The van der Waals surface area contributed by atoms with Crippen molar-refractivity contribution in [3.05, 3.63) is 119 Å². The van der Waals surface area contributed by atoms with Gasteiger partial charge in [-0.3, -0.25) is 8.61 Å². The smallest absolute Gasteiger partial charge is 0.256 e. The molecule has 6 rings (SSSR count). The Morgan fingerprint density at radius 1 is 0.500 bits per heavy atom. The van der Waals surface area contributed by atoms with Crippen LogP contribution in [-0.4, -0.2) is 16.8 Å². The van der Waals surface area contributed by atoms with Gasteiger partial charge >= 0.3 is 0 Å². The van der Waals surface area contributed by atoms with E-state index in [1.807, 2.05) is 38.1 Å². The van der Waals surface area contributed by atoms with Gasteiger partial charge in [0.2, 0.25) is 0 Å². The quantitative estimate of drug-likeness (QED) is 0.359. The molecule has 182 valence electrons. The van der Waals surface area contributed by atoms with Crippen molar-refractivity contribution in [1.29, 1.82) is 0 Å². The number of sulfonamides is 2. The van der Waals surface area contributed by atoms with Crippen molar-refractivity contribution in [2.45, 2.75) is 35.7 Å². The minimum Gasteiger partial charge on any atom is -0.256 e. The van der Waals surface area contributed by atoms with E-state index >= 15 is 0 Å². The van der Waals surface area contributed by atoms with Gasteiger partial charge in [0.05, 0.1) is 33.2 Å². The van der Waals surface area contributed by atoms with Gasteiger partial charge in [-0.15, -0.1) is 0 Å². The molecule has 0 unspecified atom stereocenters. The van der Waals surface area contributed by atoms with Crippen LogP contribution in [-0.2, 0) is 20.0 Å². The van der Waals surface area contributed by atoms with Gasteiger partial charge in [-0.05, 0) is 50.2 Å². The Bertz CT molecular complexity index is 1570. The van der Waals surface area contributed by atoms with Crippen LogP contribution >= 0.6 is 0 Å². The minimum atomic E-state index is -3.99. The van der Waals surface area contributed by atoms with E-state index < -0.39 is 32.1 Å². The first-order valence-electron chi connectivity index (χ1n) is 11.6. The molecule has 2 heterocycles. The first-order valence-corrected chi connectivity index (χ1v) is 14.5. The molecule has 4 aromatic rings. The Hall–Kier alpha value is -3.62. The number of anilines is 2. The van der Waals surface area contributed by atoms with Crippen LogP contribution in [0.15, 0.2) is 107 Å². The normalized spacial score (nSPS) is 18.6. The number of para-hydroxylation sites is 2. The standard InChI is InChI=1S/C28H24N2O4S2/c1-19-11-15-21(16-12-19)35(31,32)29-25-9-5-3-7-23(25)28-27(29)24-8-4-6-10-26(24)30(28)36(33,34)22-17-13-20(2)14-18-22/h3-18,27-28H,1-2H3/t27-,28-/m0/s1. The summed E-state index contributed by atoms with van der Waals surface area (Å²) in [6.45, 7) is 3.80. The lowest BCUT2D eigenvalue weighted by atomic mass is 10.0. The van der Waals surface area contributed by atoms with Crippen LogP contribution < -0.4 is 8.61 Å². The van der Waals surface area contributed by atoms with Gasteiger partial charge in [0.15, 0.2) is 0 Å². The highest BCUT2D eigenvalue weighted by Crippen LogP contribution is 2.60. The van der Waals surface area contributed by atoms with Crippen LogP contribution in [0.25, 0.3) is 0 Å². The molecule has 36 heavy (non-hydrogen) atoms. The highest BCUT2D eigenvalue weighted by Gasteiger charge is 2.56. The minimum absolute atomic E-state index is 0.167. The number of hydrogen-bond donors (Lipinski definition) is 0. The van der Waals surface area contributed by atoms with E-state index in [0.717, 1.165) is 11.1 Å². The third kappa shape index (κ3) is 3.21. The lowest BCUT2D eigenvalue weighted by molar-refractivity contribution is 0.559. The second kappa shape index (κ2) is 7.94. The SMILES string of the molecule is Cc1ccc(S(=O)(=O)N2c3ccccc3[C@H]3[C@@H]2c2ccccc2N3S(=O)(=O)c2ccc(C)cc2)cc1. The van der Waals surface area contributed by atoms with Gasteiger partial charge < -0.3 is 0 Å². The molecule has 0 radical (unpaired) electrons. The number of hydrogen-bond acceptors (Lipinski definition) is 4. The van der Waals surface area contributed by atoms with Crippen LogP contribution in [0, 0.1) is 13.8 Å². The van der Waals surface area contributed by atoms with Crippen LogP contribution in [0.2, 0.25) is 0 Å². The van der Waals surface area contributed by atoms with E-state index in [1.165, 1.54) is 8.61 Å². The van der Waals surface area contributed by atoms with Crippen molar-refractivity contribution in [1.82, 2.24) is 0 Å². The predicted molar refractivity (Wildman–Crippen MR) is 140 cm³/mol. The maximum Gasteiger partial charge on any atom is 0.264 e. The molecule has 0 aromatic heterocycles. The van der Waals surface area contributed by atoms with E-state index in [2.05, 4.69) is 0 Å². The summed E-state index contributed by atoms with van der Waals surface area (Å²) in [4.78, 5) is 0.335. The average molecular weight is 517 g/mol. The summed E-state index contributed by atoms with van der Waals surface area (Å²) in [6.07, 6.45) is 0. The number of benzene rings is 4. The summed E-state index contributed by atoms with van der Waals surface area (Å²) in [5.41, 5.74) is 4.21. The molecule has 6 nitrogen and oxygen atoms in total. The highest BCUT2D eigenvalue weighted by molar-refractivity contribution is 7.93. The van der Waals surface area contributed by atoms with Crippen LogP contribution in [0.3, 0.4) is 0 Å². The second-order valence-corrected chi connectivity index (χ2v) is 12.9. The fourth-order valence-electron chi connectivity index (χ4n) is 5.23. The molecule has 0 saturated carbocycles. The summed E-state index contributed by atoms with van der Waals surface area (Å²) in [7, 11) is -7.99. The monoisotopic (exact) mass is 516 g/mol. The Kier molecular flexibility index (Phi) is 5.04. The van der Waals surface area contributed by atoms with Crippen LogP contribution in [0.1, 0.15) is 34.3 Å². The maximum atomic E-state index is 14.1. The Morgan fingerprint density at radius 3 is 1.19 bits per heavy atom. The molecule has 2 aliphatic heterocycles. The summed E-state index contributed by atoms with van der Waals surface area (Å²) in [5, 5.41) is 0. The molecule has 0 spiro atoms. The summed E-state index contributed by atoms with van der Waals surface area (Å²) in [6, 6.07) is 26.3. The van der Waals surface area contributed by atoms with Crippen molar-refractivity contribution in [2.75, 3.05) is 8.61 Å². The molecular weight excluding hydrogens is 492 g/mol. The first kappa shape index (κ1) is 22.8. The van der Waals surface area contributed by atoms with Gasteiger partial charge in [0.1, 0.15) is 0 Å². The maximum absolute atomic E-state index is 14.1.